The van der Waals surface area contributed by atoms with Crippen LogP contribution in [-0.2, 0) is 4.79 Å². The summed E-state index contributed by atoms with van der Waals surface area (Å²) in [6.45, 7) is 2.79. The SMILES string of the molecule is O=C(O)CN1CCCN(C(=O)NC2CCCCC2)CC1. The number of nitrogens with zero attached hydrogens (tertiary/aromatic N) is 2. The third kappa shape index (κ3) is 4.67. The first-order valence-electron chi connectivity index (χ1n) is 7.65. The fourth-order valence-electron chi connectivity index (χ4n) is 3.04. The lowest BCUT2D eigenvalue weighted by Gasteiger charge is -2.27. The highest BCUT2D eigenvalue weighted by atomic mass is 16.4. The minimum atomic E-state index is -0.801. The van der Waals surface area contributed by atoms with Crippen molar-refractivity contribution in [2.24, 2.45) is 0 Å². The molecule has 1 saturated heterocycles. The molecule has 2 aliphatic rings. The number of urea groups is 1. The molecule has 0 aromatic rings. The monoisotopic (exact) mass is 283 g/mol. The lowest BCUT2D eigenvalue weighted by Crippen LogP contribution is -2.46. The van der Waals surface area contributed by atoms with Gasteiger partial charge in [0.15, 0.2) is 0 Å². The van der Waals surface area contributed by atoms with Crippen molar-refractivity contribution in [3.63, 3.8) is 0 Å². The zero-order valence-corrected chi connectivity index (χ0v) is 12.0. The molecule has 1 aliphatic carbocycles. The molecule has 2 N–H and O–H groups in total. The van der Waals surface area contributed by atoms with Gasteiger partial charge in [0.1, 0.15) is 0 Å². The van der Waals surface area contributed by atoms with Gasteiger partial charge < -0.3 is 15.3 Å². The van der Waals surface area contributed by atoms with Crippen molar-refractivity contribution in [2.45, 2.75) is 44.6 Å². The molecule has 6 nitrogen and oxygen atoms in total. The number of hydrogen-bond donors (Lipinski definition) is 2. The number of hydrogen-bond acceptors (Lipinski definition) is 3. The van der Waals surface area contributed by atoms with Crippen LogP contribution in [-0.4, -0.2) is 65.7 Å². The van der Waals surface area contributed by atoms with Gasteiger partial charge in [-0.1, -0.05) is 19.3 Å². The van der Waals surface area contributed by atoms with Crippen LogP contribution in [0, 0.1) is 0 Å². The number of rotatable bonds is 3. The van der Waals surface area contributed by atoms with Crippen LogP contribution in [0.15, 0.2) is 0 Å². The van der Waals surface area contributed by atoms with Crippen molar-refractivity contribution < 1.29 is 14.7 Å². The Hall–Kier alpha value is -1.30. The van der Waals surface area contributed by atoms with Crippen LogP contribution in [0.1, 0.15) is 38.5 Å². The molecule has 1 saturated carbocycles. The molecule has 1 heterocycles. The highest BCUT2D eigenvalue weighted by Crippen LogP contribution is 2.17. The average molecular weight is 283 g/mol. The molecule has 0 atom stereocenters. The number of nitrogens with one attached hydrogen (secondary N) is 1. The number of carboxylic acids is 1. The first-order chi connectivity index (χ1) is 9.65. The summed E-state index contributed by atoms with van der Waals surface area (Å²) < 4.78 is 0. The summed E-state index contributed by atoms with van der Waals surface area (Å²) in [6.07, 6.45) is 6.70. The van der Waals surface area contributed by atoms with Crippen molar-refractivity contribution >= 4 is 12.0 Å². The third-order valence-corrected chi connectivity index (χ3v) is 4.17. The molecule has 0 spiro atoms. The first-order valence-corrected chi connectivity index (χ1v) is 7.65. The molecule has 0 aromatic heterocycles. The molecular formula is C14H25N3O3. The molecule has 1 aliphatic heterocycles. The van der Waals surface area contributed by atoms with E-state index in [-0.39, 0.29) is 12.6 Å². The zero-order valence-electron chi connectivity index (χ0n) is 12.0. The van der Waals surface area contributed by atoms with Crippen LogP contribution < -0.4 is 5.32 Å². The van der Waals surface area contributed by atoms with Gasteiger partial charge in [-0.25, -0.2) is 4.79 Å². The summed E-state index contributed by atoms with van der Waals surface area (Å²) in [5.74, 6) is -0.801. The van der Waals surface area contributed by atoms with Gasteiger partial charge in [0, 0.05) is 32.2 Å². The number of carbonyl (C=O) groups excluding carboxylic acids is 1. The van der Waals surface area contributed by atoms with Gasteiger partial charge in [-0.2, -0.15) is 0 Å². The van der Waals surface area contributed by atoms with Gasteiger partial charge in [-0.15, -0.1) is 0 Å². The molecule has 0 aromatic carbocycles. The van der Waals surface area contributed by atoms with Gasteiger partial charge >= 0.3 is 12.0 Å². The van der Waals surface area contributed by atoms with E-state index in [2.05, 4.69) is 5.32 Å². The van der Waals surface area contributed by atoms with E-state index in [4.69, 9.17) is 5.11 Å². The molecule has 0 radical (unpaired) electrons. The predicted octanol–water partition coefficient (Wildman–Crippen LogP) is 1.12. The Morgan fingerprint density at radius 3 is 2.45 bits per heavy atom. The van der Waals surface area contributed by atoms with Gasteiger partial charge in [0.05, 0.1) is 6.54 Å². The van der Waals surface area contributed by atoms with E-state index >= 15 is 0 Å². The van der Waals surface area contributed by atoms with Crippen LogP contribution in [0.2, 0.25) is 0 Å². The summed E-state index contributed by atoms with van der Waals surface area (Å²) in [4.78, 5) is 26.7. The maximum atomic E-state index is 12.2. The molecule has 2 rings (SSSR count). The summed E-state index contributed by atoms with van der Waals surface area (Å²) >= 11 is 0. The van der Waals surface area contributed by atoms with E-state index in [9.17, 15) is 9.59 Å². The van der Waals surface area contributed by atoms with Crippen molar-refractivity contribution in [1.82, 2.24) is 15.1 Å². The molecule has 2 amide bonds. The van der Waals surface area contributed by atoms with Crippen LogP contribution >= 0.6 is 0 Å². The molecule has 0 unspecified atom stereocenters. The topological polar surface area (TPSA) is 72.9 Å². The minimum Gasteiger partial charge on any atom is -0.480 e. The second kappa shape index (κ2) is 7.47. The maximum Gasteiger partial charge on any atom is 0.317 e. The van der Waals surface area contributed by atoms with Gasteiger partial charge in [0.25, 0.3) is 0 Å². The number of amides is 2. The van der Waals surface area contributed by atoms with E-state index in [1.807, 2.05) is 9.80 Å². The van der Waals surface area contributed by atoms with Crippen molar-refractivity contribution in [3.05, 3.63) is 0 Å². The summed E-state index contributed by atoms with van der Waals surface area (Å²) in [6, 6.07) is 0.351. The molecule has 6 heteroatoms. The third-order valence-electron chi connectivity index (χ3n) is 4.17. The largest absolute Gasteiger partial charge is 0.480 e. The van der Waals surface area contributed by atoms with E-state index < -0.39 is 5.97 Å². The smallest absolute Gasteiger partial charge is 0.317 e. The first kappa shape index (κ1) is 15.1. The normalized spacial score (nSPS) is 22.3. The highest BCUT2D eigenvalue weighted by Gasteiger charge is 2.22. The summed E-state index contributed by atoms with van der Waals surface area (Å²) in [5.41, 5.74) is 0. The quantitative estimate of drug-likeness (QED) is 0.814. The second-order valence-electron chi connectivity index (χ2n) is 5.79. The van der Waals surface area contributed by atoms with Crippen LogP contribution in [0.3, 0.4) is 0 Å². The van der Waals surface area contributed by atoms with Crippen LogP contribution in [0.25, 0.3) is 0 Å². The van der Waals surface area contributed by atoms with E-state index in [1.54, 1.807) is 0 Å². The van der Waals surface area contributed by atoms with Crippen molar-refractivity contribution in [1.29, 1.82) is 0 Å². The van der Waals surface area contributed by atoms with Crippen LogP contribution in [0.4, 0.5) is 4.79 Å². The number of carbonyl (C=O) groups is 2. The zero-order chi connectivity index (χ0) is 14.4. The molecule has 114 valence electrons. The van der Waals surface area contributed by atoms with E-state index in [0.29, 0.717) is 25.7 Å². The Morgan fingerprint density at radius 2 is 1.75 bits per heavy atom. The van der Waals surface area contributed by atoms with Gasteiger partial charge in [0.2, 0.25) is 0 Å². The number of carboxylic acid groups (broad SMARTS) is 1. The second-order valence-corrected chi connectivity index (χ2v) is 5.79. The van der Waals surface area contributed by atoms with Crippen molar-refractivity contribution in [3.8, 4) is 0 Å². The lowest BCUT2D eigenvalue weighted by molar-refractivity contribution is -0.138. The van der Waals surface area contributed by atoms with E-state index in [0.717, 1.165) is 25.8 Å². The molecule has 20 heavy (non-hydrogen) atoms. The summed E-state index contributed by atoms with van der Waals surface area (Å²) in [5, 5.41) is 11.9. The van der Waals surface area contributed by atoms with Crippen LogP contribution in [0.5, 0.6) is 0 Å². The van der Waals surface area contributed by atoms with Gasteiger partial charge in [-0.3, -0.25) is 9.69 Å². The Kier molecular flexibility index (Phi) is 5.64. The lowest BCUT2D eigenvalue weighted by atomic mass is 9.96. The number of aliphatic carboxylic acids is 1. The average Bonchev–Trinajstić information content (AvgIpc) is 2.65. The molecule has 0 bridgehead atoms. The minimum absolute atomic E-state index is 0.0223. The van der Waals surface area contributed by atoms with E-state index in [1.165, 1.54) is 19.3 Å². The maximum absolute atomic E-state index is 12.2. The Labute approximate surface area is 120 Å². The Bertz CT molecular complexity index is 343. The standard InChI is InChI=1S/C14H25N3O3/c18-13(19)11-16-7-4-8-17(10-9-16)14(20)15-12-5-2-1-3-6-12/h12H,1-11H2,(H,15,20)(H,18,19). The fourth-order valence-corrected chi connectivity index (χ4v) is 3.04. The fraction of sp³-hybridized carbons (Fsp3) is 0.857. The molecule has 2 fully saturated rings. The Balaban J connectivity index is 1.77. The predicted molar refractivity (Wildman–Crippen MR) is 75.7 cm³/mol. The van der Waals surface area contributed by atoms with Crippen molar-refractivity contribution in [2.75, 3.05) is 32.7 Å². The highest BCUT2D eigenvalue weighted by molar-refractivity contribution is 5.74. The Morgan fingerprint density at radius 1 is 1.00 bits per heavy atom. The summed E-state index contributed by atoms with van der Waals surface area (Å²) in [7, 11) is 0. The molecular weight excluding hydrogens is 258 g/mol. The van der Waals surface area contributed by atoms with Gasteiger partial charge in [-0.05, 0) is 19.3 Å².